The van der Waals surface area contributed by atoms with E-state index in [0.29, 0.717) is 16.8 Å². The molecule has 1 aromatic rings. The molecule has 1 aliphatic carbocycles. The Bertz CT molecular complexity index is 458. The predicted octanol–water partition coefficient (Wildman–Crippen LogP) is 2.96. The molecule has 0 aliphatic heterocycles. The standard InChI is InChI=1S/C15H25N3O/c1-4-5-15(6-7-15)10-17-14(19)13-8-12(16)9-18(13)11(2)3/h8-9,11H,4-7,10,16H2,1-3H3,(H,17,19). The van der Waals surface area contributed by atoms with E-state index in [4.69, 9.17) is 5.73 Å². The first-order chi connectivity index (χ1) is 8.97. The first-order valence-electron chi connectivity index (χ1n) is 7.23. The van der Waals surface area contributed by atoms with Crippen molar-refractivity contribution < 1.29 is 4.79 Å². The lowest BCUT2D eigenvalue weighted by Crippen LogP contribution is -2.31. The van der Waals surface area contributed by atoms with Crippen molar-refractivity contribution in [2.24, 2.45) is 5.41 Å². The van der Waals surface area contributed by atoms with Gasteiger partial charge < -0.3 is 15.6 Å². The predicted molar refractivity (Wildman–Crippen MR) is 78.1 cm³/mol. The van der Waals surface area contributed by atoms with Crippen LogP contribution in [0.25, 0.3) is 0 Å². The molecule has 1 amide bonds. The molecular formula is C15H25N3O. The Morgan fingerprint density at radius 3 is 2.74 bits per heavy atom. The van der Waals surface area contributed by atoms with Crippen molar-refractivity contribution in [2.45, 2.75) is 52.5 Å². The molecule has 1 heterocycles. The summed E-state index contributed by atoms with van der Waals surface area (Å²) in [4.78, 5) is 12.3. The third-order valence-electron chi connectivity index (χ3n) is 4.02. The Balaban J connectivity index is 2.00. The van der Waals surface area contributed by atoms with E-state index >= 15 is 0 Å². The van der Waals surface area contributed by atoms with Gasteiger partial charge in [0.25, 0.3) is 5.91 Å². The lowest BCUT2D eigenvalue weighted by molar-refractivity contribution is 0.0933. The quantitative estimate of drug-likeness (QED) is 0.829. The fraction of sp³-hybridized carbons (Fsp3) is 0.667. The van der Waals surface area contributed by atoms with Crippen molar-refractivity contribution >= 4 is 11.6 Å². The molecule has 0 aromatic carbocycles. The third kappa shape index (κ3) is 3.11. The van der Waals surface area contributed by atoms with E-state index in [0.717, 1.165) is 6.54 Å². The molecule has 4 heteroatoms. The number of carbonyl (C=O) groups is 1. The first-order valence-corrected chi connectivity index (χ1v) is 7.23. The summed E-state index contributed by atoms with van der Waals surface area (Å²) in [6.07, 6.45) is 6.72. The maximum absolute atomic E-state index is 12.3. The summed E-state index contributed by atoms with van der Waals surface area (Å²) in [5.41, 5.74) is 7.49. The number of aromatic nitrogens is 1. The van der Waals surface area contributed by atoms with Crippen molar-refractivity contribution in [1.29, 1.82) is 0 Å². The van der Waals surface area contributed by atoms with Gasteiger partial charge in [0.05, 0.1) is 5.69 Å². The van der Waals surface area contributed by atoms with Gasteiger partial charge >= 0.3 is 0 Å². The molecule has 0 radical (unpaired) electrons. The van der Waals surface area contributed by atoms with E-state index in [2.05, 4.69) is 26.1 Å². The summed E-state index contributed by atoms with van der Waals surface area (Å²) in [5.74, 6) is -0.00669. The zero-order chi connectivity index (χ0) is 14.0. The highest BCUT2D eigenvalue weighted by Crippen LogP contribution is 2.48. The van der Waals surface area contributed by atoms with Crippen LogP contribution in [0.2, 0.25) is 0 Å². The Labute approximate surface area is 115 Å². The van der Waals surface area contributed by atoms with Crippen LogP contribution in [0.1, 0.15) is 63.0 Å². The van der Waals surface area contributed by atoms with Gasteiger partial charge in [0.2, 0.25) is 0 Å². The van der Waals surface area contributed by atoms with Crippen LogP contribution in [0.3, 0.4) is 0 Å². The van der Waals surface area contributed by atoms with E-state index in [9.17, 15) is 4.79 Å². The Hall–Kier alpha value is -1.45. The molecule has 0 atom stereocenters. The Kier molecular flexibility index (Phi) is 3.88. The fourth-order valence-corrected chi connectivity index (χ4v) is 2.69. The minimum absolute atomic E-state index is 0.00669. The summed E-state index contributed by atoms with van der Waals surface area (Å²) < 4.78 is 1.93. The van der Waals surface area contributed by atoms with Gasteiger partial charge in [-0.1, -0.05) is 13.3 Å². The number of nitrogen functional groups attached to an aromatic ring is 1. The largest absolute Gasteiger partial charge is 0.397 e. The van der Waals surface area contributed by atoms with Crippen molar-refractivity contribution in [3.8, 4) is 0 Å². The number of amides is 1. The van der Waals surface area contributed by atoms with Crippen LogP contribution in [-0.4, -0.2) is 17.0 Å². The molecule has 3 N–H and O–H groups in total. The van der Waals surface area contributed by atoms with E-state index in [1.807, 2.05) is 10.8 Å². The number of nitrogens with one attached hydrogen (secondary N) is 1. The lowest BCUT2D eigenvalue weighted by atomic mass is 10.0. The van der Waals surface area contributed by atoms with Crippen LogP contribution < -0.4 is 11.1 Å². The minimum Gasteiger partial charge on any atom is -0.397 e. The highest BCUT2D eigenvalue weighted by atomic mass is 16.1. The van der Waals surface area contributed by atoms with E-state index in [1.54, 1.807) is 6.07 Å². The number of rotatable bonds is 6. The molecule has 106 valence electrons. The molecule has 1 aliphatic rings. The molecule has 1 saturated carbocycles. The number of anilines is 1. The second-order valence-corrected chi connectivity index (χ2v) is 6.09. The van der Waals surface area contributed by atoms with Gasteiger partial charge in [-0.15, -0.1) is 0 Å². The van der Waals surface area contributed by atoms with Crippen LogP contribution in [0.5, 0.6) is 0 Å². The molecule has 1 fully saturated rings. The molecule has 0 bridgehead atoms. The normalized spacial score (nSPS) is 16.6. The van der Waals surface area contributed by atoms with Crippen LogP contribution in [-0.2, 0) is 0 Å². The van der Waals surface area contributed by atoms with Gasteiger partial charge in [0.1, 0.15) is 5.69 Å². The van der Waals surface area contributed by atoms with Gasteiger partial charge in [-0.3, -0.25) is 4.79 Å². The molecule has 0 unspecified atom stereocenters. The molecule has 2 rings (SSSR count). The van der Waals surface area contributed by atoms with Gasteiger partial charge in [-0.2, -0.15) is 0 Å². The number of hydrogen-bond donors (Lipinski definition) is 2. The van der Waals surface area contributed by atoms with Crippen LogP contribution in [0, 0.1) is 5.41 Å². The van der Waals surface area contributed by atoms with E-state index < -0.39 is 0 Å². The summed E-state index contributed by atoms with van der Waals surface area (Å²) in [6.45, 7) is 7.10. The van der Waals surface area contributed by atoms with Crippen LogP contribution in [0.15, 0.2) is 12.3 Å². The van der Waals surface area contributed by atoms with Gasteiger partial charge in [-0.05, 0) is 44.6 Å². The third-order valence-corrected chi connectivity index (χ3v) is 4.02. The molecule has 4 nitrogen and oxygen atoms in total. The average Bonchev–Trinajstić information content (AvgIpc) is 3.00. The maximum atomic E-state index is 12.3. The number of nitrogens with zero attached hydrogens (tertiary/aromatic N) is 1. The summed E-state index contributed by atoms with van der Waals surface area (Å²) in [5, 5.41) is 3.08. The maximum Gasteiger partial charge on any atom is 0.268 e. The zero-order valence-corrected chi connectivity index (χ0v) is 12.2. The molecule has 0 saturated heterocycles. The molecular weight excluding hydrogens is 238 g/mol. The van der Waals surface area contributed by atoms with Crippen molar-refractivity contribution in [1.82, 2.24) is 9.88 Å². The first kappa shape index (κ1) is 14.0. The number of nitrogens with two attached hydrogens (primary N) is 1. The number of hydrogen-bond acceptors (Lipinski definition) is 2. The second kappa shape index (κ2) is 5.27. The highest BCUT2D eigenvalue weighted by molar-refractivity contribution is 5.93. The fourth-order valence-electron chi connectivity index (χ4n) is 2.69. The van der Waals surface area contributed by atoms with Gasteiger partial charge in [0.15, 0.2) is 0 Å². The number of carbonyl (C=O) groups excluding carboxylic acids is 1. The Morgan fingerprint density at radius 2 is 2.21 bits per heavy atom. The Morgan fingerprint density at radius 1 is 1.53 bits per heavy atom. The van der Waals surface area contributed by atoms with Crippen LogP contribution >= 0.6 is 0 Å². The zero-order valence-electron chi connectivity index (χ0n) is 12.2. The summed E-state index contributed by atoms with van der Waals surface area (Å²) in [6, 6.07) is 2.00. The van der Waals surface area contributed by atoms with Crippen molar-refractivity contribution in [3.05, 3.63) is 18.0 Å². The van der Waals surface area contributed by atoms with Crippen LogP contribution in [0.4, 0.5) is 5.69 Å². The molecule has 19 heavy (non-hydrogen) atoms. The van der Waals surface area contributed by atoms with E-state index in [1.165, 1.54) is 25.7 Å². The van der Waals surface area contributed by atoms with Crippen molar-refractivity contribution in [2.75, 3.05) is 12.3 Å². The summed E-state index contributed by atoms with van der Waals surface area (Å²) in [7, 11) is 0. The smallest absolute Gasteiger partial charge is 0.268 e. The SMILES string of the molecule is CCCC1(CNC(=O)c2cc(N)cn2C(C)C)CC1. The topological polar surface area (TPSA) is 60.1 Å². The molecule has 0 spiro atoms. The average molecular weight is 263 g/mol. The van der Waals surface area contributed by atoms with E-state index in [-0.39, 0.29) is 11.9 Å². The van der Waals surface area contributed by atoms with Gasteiger partial charge in [0, 0.05) is 18.8 Å². The molecule has 1 aromatic heterocycles. The minimum atomic E-state index is -0.00669. The van der Waals surface area contributed by atoms with Gasteiger partial charge in [-0.25, -0.2) is 0 Å². The summed E-state index contributed by atoms with van der Waals surface area (Å²) >= 11 is 0. The highest BCUT2D eigenvalue weighted by Gasteiger charge is 2.41. The van der Waals surface area contributed by atoms with Crippen molar-refractivity contribution in [3.63, 3.8) is 0 Å². The second-order valence-electron chi connectivity index (χ2n) is 6.09. The lowest BCUT2D eigenvalue weighted by Gasteiger charge is -2.16. The monoisotopic (exact) mass is 263 g/mol.